The van der Waals surface area contributed by atoms with Crippen molar-refractivity contribution in [3.8, 4) is 0 Å². The lowest BCUT2D eigenvalue weighted by atomic mass is 10.1. The Bertz CT molecular complexity index is 1550. The third-order valence-corrected chi connectivity index (χ3v) is 7.62. The maximum atomic E-state index is 12.7. The number of rotatable bonds is 10. The topological polar surface area (TPSA) is 162 Å². The second kappa shape index (κ2) is 12.0. The van der Waals surface area contributed by atoms with Crippen LogP contribution < -0.4 is 15.2 Å². The molecule has 200 valence electrons. The Balaban J connectivity index is 1.58. The number of carbonyl (C=O) groups is 2. The summed E-state index contributed by atoms with van der Waals surface area (Å²) in [6, 6.07) is 18.0. The summed E-state index contributed by atoms with van der Waals surface area (Å²) < 4.78 is 55.8. The van der Waals surface area contributed by atoms with Crippen molar-refractivity contribution in [3.63, 3.8) is 0 Å². The molecule has 3 aromatic carbocycles. The van der Waals surface area contributed by atoms with E-state index in [9.17, 15) is 26.4 Å². The van der Waals surface area contributed by atoms with Crippen molar-refractivity contribution in [3.05, 3.63) is 90.0 Å². The molecule has 0 aromatic heterocycles. The van der Waals surface area contributed by atoms with Crippen molar-refractivity contribution in [2.45, 2.75) is 36.2 Å². The van der Waals surface area contributed by atoms with Crippen LogP contribution in [0.15, 0.2) is 88.7 Å². The predicted molar refractivity (Wildman–Crippen MR) is 144 cm³/mol. The van der Waals surface area contributed by atoms with Crippen LogP contribution in [-0.4, -0.2) is 34.8 Å². The summed E-state index contributed by atoms with van der Waals surface area (Å²) in [4.78, 5) is 24.1. The molecule has 10 nitrogen and oxygen atoms in total. The molecule has 0 saturated carbocycles. The van der Waals surface area contributed by atoms with Gasteiger partial charge in [-0.1, -0.05) is 37.3 Å². The quantitative estimate of drug-likeness (QED) is 0.254. The van der Waals surface area contributed by atoms with Crippen LogP contribution in [0.4, 0.5) is 11.4 Å². The first kappa shape index (κ1) is 28.6. The molecular formula is C26H27N3O7S2. The van der Waals surface area contributed by atoms with Crippen molar-refractivity contribution in [2.24, 2.45) is 5.14 Å². The van der Waals surface area contributed by atoms with E-state index in [4.69, 9.17) is 9.88 Å². The zero-order valence-corrected chi connectivity index (χ0v) is 22.3. The molecule has 3 aromatic rings. The molecule has 1 amide bonds. The molecule has 12 heteroatoms. The third-order valence-electron chi connectivity index (χ3n) is 5.31. The molecule has 0 aliphatic heterocycles. The molecular weight excluding hydrogens is 530 g/mol. The molecule has 38 heavy (non-hydrogen) atoms. The number of ether oxygens (including phenoxy) is 1. The first-order chi connectivity index (χ1) is 17.9. The second-order valence-corrected chi connectivity index (χ2v) is 11.4. The lowest BCUT2D eigenvalue weighted by Crippen LogP contribution is -2.29. The van der Waals surface area contributed by atoms with E-state index < -0.39 is 38.0 Å². The van der Waals surface area contributed by atoms with Crippen molar-refractivity contribution in [1.29, 1.82) is 0 Å². The number of carbonyl (C=O) groups excluding carboxylic acids is 2. The number of anilines is 2. The van der Waals surface area contributed by atoms with Crippen LogP contribution in [0.2, 0.25) is 0 Å². The maximum Gasteiger partial charge on any atom is 0.331 e. The van der Waals surface area contributed by atoms with Gasteiger partial charge in [-0.3, -0.25) is 9.52 Å². The Morgan fingerprint density at radius 3 is 2.18 bits per heavy atom. The normalized spacial score (nSPS) is 12.6. The Morgan fingerprint density at radius 2 is 1.58 bits per heavy atom. The number of nitrogens with one attached hydrogen (secondary N) is 2. The Hall–Kier alpha value is -4.00. The SMILES string of the molecule is CCc1ccc(NC(=O)[C@H](C)OC(=O)/C=C/c2ccc(S(=O)(=O)Nc3cccc(S(N)(=O)=O)c3)cc2)cc1. The van der Waals surface area contributed by atoms with Crippen LogP contribution in [0.1, 0.15) is 25.0 Å². The molecule has 0 heterocycles. The minimum absolute atomic E-state index is 0.0272. The summed E-state index contributed by atoms with van der Waals surface area (Å²) in [5, 5.41) is 7.77. The van der Waals surface area contributed by atoms with Gasteiger partial charge < -0.3 is 10.1 Å². The van der Waals surface area contributed by atoms with E-state index in [0.29, 0.717) is 11.3 Å². The molecule has 0 aliphatic rings. The fourth-order valence-electron chi connectivity index (χ4n) is 3.21. The van der Waals surface area contributed by atoms with E-state index in [1.165, 1.54) is 55.5 Å². The van der Waals surface area contributed by atoms with E-state index >= 15 is 0 Å². The van der Waals surface area contributed by atoms with Crippen molar-refractivity contribution < 1.29 is 31.2 Å². The molecule has 0 fully saturated rings. The number of primary sulfonamides is 1. The highest BCUT2D eigenvalue weighted by Crippen LogP contribution is 2.20. The zero-order valence-electron chi connectivity index (χ0n) is 20.6. The number of aryl methyl sites for hydroxylation is 1. The summed E-state index contributed by atoms with van der Waals surface area (Å²) in [6.07, 6.45) is 2.38. The van der Waals surface area contributed by atoms with Crippen LogP contribution in [-0.2, 0) is 40.8 Å². The summed E-state index contributed by atoms with van der Waals surface area (Å²) >= 11 is 0. The first-order valence-electron chi connectivity index (χ1n) is 11.4. The fourth-order valence-corrected chi connectivity index (χ4v) is 4.82. The van der Waals surface area contributed by atoms with Gasteiger partial charge in [0.05, 0.1) is 15.5 Å². The predicted octanol–water partition coefficient (Wildman–Crippen LogP) is 3.28. The van der Waals surface area contributed by atoms with Crippen LogP contribution in [0.3, 0.4) is 0 Å². The summed E-state index contributed by atoms with van der Waals surface area (Å²) in [7, 11) is -8.02. The molecule has 0 bridgehead atoms. The van der Waals surface area contributed by atoms with Crippen LogP contribution in [0.5, 0.6) is 0 Å². The lowest BCUT2D eigenvalue weighted by Gasteiger charge is -2.12. The van der Waals surface area contributed by atoms with Gasteiger partial charge in [0.15, 0.2) is 6.10 Å². The number of sulfonamides is 2. The van der Waals surface area contributed by atoms with Gasteiger partial charge in [-0.05, 0) is 73.0 Å². The molecule has 3 rings (SSSR count). The Morgan fingerprint density at radius 1 is 0.921 bits per heavy atom. The number of benzene rings is 3. The van der Waals surface area contributed by atoms with Crippen molar-refractivity contribution in [2.75, 3.05) is 10.0 Å². The minimum Gasteiger partial charge on any atom is -0.449 e. The van der Waals surface area contributed by atoms with E-state index in [1.54, 1.807) is 12.1 Å². The molecule has 0 unspecified atom stereocenters. The number of hydrogen-bond donors (Lipinski definition) is 3. The van der Waals surface area contributed by atoms with Gasteiger partial charge in [0.25, 0.3) is 15.9 Å². The summed E-state index contributed by atoms with van der Waals surface area (Å²) in [5.41, 5.74) is 2.25. The standard InChI is InChI=1S/C26H27N3O7S2/c1-3-19-7-12-21(13-8-19)28-26(31)18(2)36-25(30)16-11-20-9-14-23(15-10-20)38(34,35)29-22-5-4-6-24(17-22)37(27,32)33/h4-18,29H,3H2,1-2H3,(H,28,31)(H2,27,32,33)/b16-11+/t18-/m0/s1. The second-order valence-electron chi connectivity index (χ2n) is 8.20. The molecule has 4 N–H and O–H groups in total. The van der Waals surface area contributed by atoms with Gasteiger partial charge in [0, 0.05) is 11.8 Å². The summed E-state index contributed by atoms with van der Waals surface area (Å²) in [5.74, 6) is -1.23. The van der Waals surface area contributed by atoms with Gasteiger partial charge in [-0.25, -0.2) is 26.8 Å². The van der Waals surface area contributed by atoms with Gasteiger partial charge in [-0.2, -0.15) is 0 Å². The van der Waals surface area contributed by atoms with Crippen LogP contribution in [0, 0.1) is 0 Å². The van der Waals surface area contributed by atoms with Gasteiger partial charge >= 0.3 is 5.97 Å². The average molecular weight is 558 g/mol. The van der Waals surface area contributed by atoms with Gasteiger partial charge in [0.1, 0.15) is 0 Å². The van der Waals surface area contributed by atoms with Crippen molar-refractivity contribution >= 4 is 49.4 Å². The lowest BCUT2D eigenvalue weighted by molar-refractivity contribution is -0.148. The highest BCUT2D eigenvalue weighted by Gasteiger charge is 2.18. The van der Waals surface area contributed by atoms with E-state index in [2.05, 4.69) is 10.0 Å². The van der Waals surface area contributed by atoms with Crippen LogP contribution >= 0.6 is 0 Å². The molecule has 0 saturated heterocycles. The summed E-state index contributed by atoms with van der Waals surface area (Å²) in [6.45, 7) is 3.48. The largest absolute Gasteiger partial charge is 0.449 e. The van der Waals surface area contributed by atoms with Gasteiger partial charge in [-0.15, -0.1) is 0 Å². The fraction of sp³-hybridized carbons (Fsp3) is 0.154. The van der Waals surface area contributed by atoms with Crippen LogP contribution in [0.25, 0.3) is 6.08 Å². The molecule has 0 radical (unpaired) electrons. The van der Waals surface area contributed by atoms with Gasteiger partial charge in [0.2, 0.25) is 10.0 Å². The molecule has 0 aliphatic carbocycles. The third kappa shape index (κ3) is 8.00. The van der Waals surface area contributed by atoms with E-state index in [0.717, 1.165) is 24.1 Å². The highest BCUT2D eigenvalue weighted by atomic mass is 32.2. The number of esters is 1. The highest BCUT2D eigenvalue weighted by molar-refractivity contribution is 7.92. The monoisotopic (exact) mass is 557 g/mol. The number of nitrogens with two attached hydrogens (primary N) is 1. The molecule has 0 spiro atoms. The maximum absolute atomic E-state index is 12.7. The van der Waals surface area contributed by atoms with Crippen molar-refractivity contribution in [1.82, 2.24) is 0 Å². The average Bonchev–Trinajstić information content (AvgIpc) is 2.87. The Labute approximate surface area is 221 Å². The zero-order chi connectivity index (χ0) is 27.9. The Kier molecular flexibility index (Phi) is 9.04. The van der Waals surface area contributed by atoms with E-state index in [-0.39, 0.29) is 15.5 Å². The molecule has 1 atom stereocenters. The first-order valence-corrected chi connectivity index (χ1v) is 14.4. The minimum atomic E-state index is -4.02. The smallest absolute Gasteiger partial charge is 0.331 e. The number of hydrogen-bond acceptors (Lipinski definition) is 7. The number of amides is 1. The van der Waals surface area contributed by atoms with E-state index in [1.807, 2.05) is 19.1 Å².